The van der Waals surface area contributed by atoms with Gasteiger partial charge >= 0.3 is 5.97 Å². The summed E-state index contributed by atoms with van der Waals surface area (Å²) in [4.78, 5) is 48.1. The van der Waals surface area contributed by atoms with Crippen molar-refractivity contribution in [2.75, 3.05) is 12.3 Å². The Morgan fingerprint density at radius 2 is 1.52 bits per heavy atom. The Balaban J connectivity index is 4.91. The molecule has 0 aliphatic carbocycles. The van der Waals surface area contributed by atoms with E-state index in [9.17, 15) is 19.2 Å². The lowest BCUT2D eigenvalue weighted by Crippen LogP contribution is -2.56. The minimum atomic E-state index is -1.22. The SMILES string of the molecule is CC(C)CC(NC(=O)C(N)CCCCN)C(=O)NC(C)C(=O)NC(CS)C(=O)O. The van der Waals surface area contributed by atoms with Gasteiger partial charge in [-0.05, 0) is 38.6 Å². The molecule has 0 aliphatic rings. The molecule has 4 atom stereocenters. The fourth-order valence-corrected chi connectivity index (χ4v) is 2.73. The van der Waals surface area contributed by atoms with E-state index in [0.29, 0.717) is 25.8 Å². The number of hydrogen-bond acceptors (Lipinski definition) is 7. The highest BCUT2D eigenvalue weighted by Crippen LogP contribution is 2.07. The third-order valence-electron chi connectivity index (χ3n) is 4.20. The average molecular weight is 434 g/mol. The summed E-state index contributed by atoms with van der Waals surface area (Å²) in [5.41, 5.74) is 11.3. The Kier molecular flexibility index (Phi) is 13.3. The van der Waals surface area contributed by atoms with Crippen molar-refractivity contribution >= 4 is 36.3 Å². The summed E-state index contributed by atoms with van der Waals surface area (Å²) >= 11 is 3.88. The number of carboxylic acids is 1. The van der Waals surface area contributed by atoms with Gasteiger partial charge in [0.15, 0.2) is 0 Å². The lowest BCUT2D eigenvalue weighted by Gasteiger charge is -2.24. The number of unbranched alkanes of at least 4 members (excludes halogenated alkanes) is 1. The van der Waals surface area contributed by atoms with Gasteiger partial charge in [-0.1, -0.05) is 20.3 Å². The monoisotopic (exact) mass is 433 g/mol. The first-order valence-electron chi connectivity index (χ1n) is 9.73. The third kappa shape index (κ3) is 11.1. The summed E-state index contributed by atoms with van der Waals surface area (Å²) < 4.78 is 0. The Morgan fingerprint density at radius 3 is 2.00 bits per heavy atom. The lowest BCUT2D eigenvalue weighted by molar-refractivity contribution is -0.141. The highest BCUT2D eigenvalue weighted by Gasteiger charge is 2.28. The van der Waals surface area contributed by atoms with Crippen LogP contribution in [0.25, 0.3) is 0 Å². The van der Waals surface area contributed by atoms with E-state index in [1.807, 2.05) is 13.8 Å². The molecule has 0 fully saturated rings. The second-order valence-corrected chi connectivity index (χ2v) is 7.76. The van der Waals surface area contributed by atoms with E-state index in [0.717, 1.165) is 6.42 Å². The molecule has 11 heteroatoms. The maximum absolute atomic E-state index is 12.6. The molecule has 0 aliphatic heterocycles. The third-order valence-corrected chi connectivity index (χ3v) is 4.56. The molecule has 0 aromatic heterocycles. The molecule has 0 heterocycles. The number of nitrogens with one attached hydrogen (secondary N) is 3. The van der Waals surface area contributed by atoms with Crippen LogP contribution < -0.4 is 27.4 Å². The molecule has 8 N–H and O–H groups in total. The molecule has 0 spiro atoms. The number of carbonyl (C=O) groups excluding carboxylic acids is 3. The van der Waals surface area contributed by atoms with Gasteiger partial charge in [-0.2, -0.15) is 12.6 Å². The van der Waals surface area contributed by atoms with Crippen LogP contribution in [-0.2, 0) is 19.2 Å². The number of hydrogen-bond donors (Lipinski definition) is 7. The smallest absolute Gasteiger partial charge is 0.327 e. The van der Waals surface area contributed by atoms with Crippen LogP contribution in [0.1, 0.15) is 46.5 Å². The molecule has 4 unspecified atom stereocenters. The number of amides is 3. The van der Waals surface area contributed by atoms with Gasteiger partial charge in [-0.3, -0.25) is 14.4 Å². The first-order chi connectivity index (χ1) is 13.5. The number of aliphatic carboxylic acids is 1. The van der Waals surface area contributed by atoms with E-state index in [4.69, 9.17) is 16.6 Å². The Hall–Kier alpha value is -1.85. The molecular formula is C18H35N5O5S. The molecule has 0 rings (SSSR count). The normalized spacial score (nSPS) is 15.1. The highest BCUT2D eigenvalue weighted by molar-refractivity contribution is 7.80. The van der Waals surface area contributed by atoms with Crippen molar-refractivity contribution in [1.82, 2.24) is 16.0 Å². The number of thiol groups is 1. The van der Waals surface area contributed by atoms with Crippen molar-refractivity contribution < 1.29 is 24.3 Å². The van der Waals surface area contributed by atoms with Crippen LogP contribution in [-0.4, -0.2) is 65.3 Å². The predicted molar refractivity (Wildman–Crippen MR) is 113 cm³/mol. The maximum atomic E-state index is 12.6. The largest absolute Gasteiger partial charge is 0.480 e. The maximum Gasteiger partial charge on any atom is 0.327 e. The summed E-state index contributed by atoms with van der Waals surface area (Å²) in [5, 5.41) is 16.4. The van der Waals surface area contributed by atoms with E-state index in [1.54, 1.807) is 0 Å². The topological polar surface area (TPSA) is 177 Å². The fraction of sp³-hybridized carbons (Fsp3) is 0.778. The van der Waals surface area contributed by atoms with E-state index in [1.165, 1.54) is 6.92 Å². The summed E-state index contributed by atoms with van der Waals surface area (Å²) in [5.74, 6) is -2.85. The van der Waals surface area contributed by atoms with Crippen LogP contribution >= 0.6 is 12.6 Å². The van der Waals surface area contributed by atoms with E-state index in [-0.39, 0.29) is 11.7 Å². The molecule has 3 amide bonds. The van der Waals surface area contributed by atoms with Crippen molar-refractivity contribution in [3.63, 3.8) is 0 Å². The van der Waals surface area contributed by atoms with Crippen LogP contribution in [0.5, 0.6) is 0 Å². The zero-order valence-corrected chi connectivity index (χ0v) is 18.2. The van der Waals surface area contributed by atoms with Crippen LogP contribution in [0, 0.1) is 5.92 Å². The highest BCUT2D eigenvalue weighted by atomic mass is 32.1. The van der Waals surface area contributed by atoms with E-state index < -0.39 is 47.9 Å². The van der Waals surface area contributed by atoms with Crippen LogP contribution in [0.4, 0.5) is 0 Å². The first kappa shape index (κ1) is 27.1. The van der Waals surface area contributed by atoms with Crippen molar-refractivity contribution in [1.29, 1.82) is 0 Å². The van der Waals surface area contributed by atoms with Gasteiger partial charge < -0.3 is 32.5 Å². The Morgan fingerprint density at radius 1 is 0.931 bits per heavy atom. The second-order valence-electron chi connectivity index (χ2n) is 7.39. The summed E-state index contributed by atoms with van der Waals surface area (Å²) in [7, 11) is 0. The minimum absolute atomic E-state index is 0.0875. The fourth-order valence-electron chi connectivity index (χ4n) is 2.48. The average Bonchev–Trinajstić information content (AvgIpc) is 2.64. The molecule has 0 saturated carbocycles. The Bertz CT molecular complexity index is 561. The minimum Gasteiger partial charge on any atom is -0.480 e. The quantitative estimate of drug-likeness (QED) is 0.135. The molecule has 29 heavy (non-hydrogen) atoms. The molecule has 0 bridgehead atoms. The van der Waals surface area contributed by atoms with Gasteiger partial charge in [0.05, 0.1) is 6.04 Å². The molecule has 0 aromatic carbocycles. The molecule has 0 saturated heterocycles. The summed E-state index contributed by atoms with van der Waals surface area (Å²) in [6.45, 7) is 5.74. The van der Waals surface area contributed by atoms with Crippen LogP contribution in [0.3, 0.4) is 0 Å². The predicted octanol–water partition coefficient (Wildman–Crippen LogP) is -1.02. The number of nitrogens with two attached hydrogens (primary N) is 2. The number of rotatable bonds is 14. The van der Waals surface area contributed by atoms with Crippen molar-refractivity contribution in [2.45, 2.75) is 70.6 Å². The number of carboxylic acid groups (broad SMARTS) is 1. The van der Waals surface area contributed by atoms with Gasteiger partial charge in [0.1, 0.15) is 18.1 Å². The summed E-state index contributed by atoms with van der Waals surface area (Å²) in [6, 6.07) is -3.77. The summed E-state index contributed by atoms with van der Waals surface area (Å²) in [6.07, 6.45) is 2.28. The van der Waals surface area contributed by atoms with Crippen molar-refractivity contribution in [2.24, 2.45) is 17.4 Å². The van der Waals surface area contributed by atoms with Gasteiger partial charge in [0.2, 0.25) is 17.7 Å². The second kappa shape index (κ2) is 14.2. The first-order valence-corrected chi connectivity index (χ1v) is 10.4. The zero-order valence-electron chi connectivity index (χ0n) is 17.3. The molecule has 0 aromatic rings. The van der Waals surface area contributed by atoms with Gasteiger partial charge in [0.25, 0.3) is 0 Å². The lowest BCUT2D eigenvalue weighted by atomic mass is 10.0. The number of carbonyl (C=O) groups is 4. The van der Waals surface area contributed by atoms with Crippen molar-refractivity contribution in [3.8, 4) is 0 Å². The van der Waals surface area contributed by atoms with Crippen LogP contribution in [0.2, 0.25) is 0 Å². The van der Waals surface area contributed by atoms with E-state index >= 15 is 0 Å². The molecule has 10 nitrogen and oxygen atoms in total. The van der Waals surface area contributed by atoms with Gasteiger partial charge in [-0.15, -0.1) is 0 Å². The van der Waals surface area contributed by atoms with Crippen molar-refractivity contribution in [3.05, 3.63) is 0 Å². The molecule has 0 radical (unpaired) electrons. The zero-order chi connectivity index (χ0) is 22.6. The van der Waals surface area contributed by atoms with Gasteiger partial charge in [-0.25, -0.2) is 4.79 Å². The van der Waals surface area contributed by atoms with Crippen LogP contribution in [0.15, 0.2) is 0 Å². The molecular weight excluding hydrogens is 398 g/mol. The molecule has 168 valence electrons. The van der Waals surface area contributed by atoms with Gasteiger partial charge in [0, 0.05) is 5.75 Å². The standard InChI is InChI=1S/C18H35N5O5S/c1-10(2)8-13(22-16(25)12(20)6-4-5-7-19)17(26)21-11(3)15(24)23-14(9-29)18(27)28/h10-14,29H,4-9,19-20H2,1-3H3,(H,21,26)(H,22,25)(H,23,24)(H,27,28). The Labute approximate surface area is 177 Å². The van der Waals surface area contributed by atoms with E-state index in [2.05, 4.69) is 28.6 Å².